The molecule has 74 valence electrons. The third-order valence-corrected chi connectivity index (χ3v) is 2.55. The zero-order valence-corrected chi connectivity index (χ0v) is 9.16. The summed E-state index contributed by atoms with van der Waals surface area (Å²) in [5.41, 5.74) is 0.807. The minimum absolute atomic E-state index is 0.726. The van der Waals surface area contributed by atoms with Crippen molar-refractivity contribution in [1.82, 2.24) is 24.1 Å². The van der Waals surface area contributed by atoms with Gasteiger partial charge in [0.05, 0.1) is 0 Å². The van der Waals surface area contributed by atoms with E-state index in [4.69, 9.17) is 0 Å². The predicted octanol–water partition coefficient (Wildman–Crippen LogP) is 1.68. The van der Waals surface area contributed by atoms with E-state index in [1.165, 1.54) is 0 Å². The van der Waals surface area contributed by atoms with Gasteiger partial charge in [0.25, 0.3) is 0 Å². The number of halogens is 1. The maximum atomic E-state index is 4.09. The molecule has 0 saturated heterocycles. The molecule has 0 atom stereocenters. The van der Waals surface area contributed by atoms with Gasteiger partial charge in [-0.05, 0) is 28.1 Å². The van der Waals surface area contributed by atoms with Gasteiger partial charge < -0.3 is 0 Å². The third kappa shape index (κ3) is 1.33. The predicted molar refractivity (Wildman–Crippen MR) is 57.8 cm³/mol. The molecule has 0 aliphatic carbocycles. The molecule has 0 amide bonds. The first kappa shape index (κ1) is 8.60. The molecular formula is C9H6BrN5. The molecular weight excluding hydrogens is 258 g/mol. The Morgan fingerprint density at radius 1 is 1.20 bits per heavy atom. The molecule has 3 aromatic heterocycles. The molecule has 3 rings (SSSR count). The monoisotopic (exact) mass is 263 g/mol. The van der Waals surface area contributed by atoms with Crippen molar-refractivity contribution in [1.29, 1.82) is 0 Å². The molecule has 6 heteroatoms. The number of nitrogens with zero attached hydrogens (tertiary/aromatic N) is 5. The lowest BCUT2D eigenvalue weighted by molar-refractivity contribution is 0.902. The summed E-state index contributed by atoms with van der Waals surface area (Å²) in [4.78, 5) is 3.98. The largest absolute Gasteiger partial charge is 0.274 e. The molecule has 0 radical (unpaired) electrons. The Bertz CT molecular complexity index is 598. The van der Waals surface area contributed by atoms with Gasteiger partial charge >= 0.3 is 0 Å². The van der Waals surface area contributed by atoms with E-state index in [-0.39, 0.29) is 0 Å². The van der Waals surface area contributed by atoms with E-state index < -0.39 is 0 Å². The van der Waals surface area contributed by atoms with Gasteiger partial charge in [-0.1, -0.05) is 0 Å². The standard InChI is InChI=1S/C9H6BrN5/c10-7-1-2-8-12-13-9(15(8)5-7)14-4-3-11-6-14/h1-6H. The molecule has 0 saturated carbocycles. The topological polar surface area (TPSA) is 48.0 Å². The molecule has 15 heavy (non-hydrogen) atoms. The second-order valence-electron chi connectivity index (χ2n) is 3.05. The van der Waals surface area contributed by atoms with E-state index in [1.807, 2.05) is 33.5 Å². The number of imidazole rings is 1. The summed E-state index contributed by atoms with van der Waals surface area (Å²) in [7, 11) is 0. The Labute approximate surface area is 93.5 Å². The Morgan fingerprint density at radius 3 is 2.93 bits per heavy atom. The fourth-order valence-corrected chi connectivity index (χ4v) is 1.74. The Balaban J connectivity index is 2.32. The number of fused-ring (bicyclic) bond motifs is 1. The lowest BCUT2D eigenvalue weighted by Gasteiger charge is -1.99. The molecule has 0 fully saturated rings. The van der Waals surface area contributed by atoms with Gasteiger partial charge in [0.2, 0.25) is 5.95 Å². The minimum Gasteiger partial charge on any atom is -0.274 e. The van der Waals surface area contributed by atoms with Crippen LogP contribution in [0.2, 0.25) is 0 Å². The highest BCUT2D eigenvalue weighted by Crippen LogP contribution is 2.13. The zero-order valence-electron chi connectivity index (χ0n) is 7.58. The van der Waals surface area contributed by atoms with Gasteiger partial charge in [-0.15, -0.1) is 10.2 Å². The maximum Gasteiger partial charge on any atom is 0.241 e. The van der Waals surface area contributed by atoms with E-state index in [2.05, 4.69) is 31.1 Å². The van der Waals surface area contributed by atoms with Crippen LogP contribution in [0.5, 0.6) is 0 Å². The van der Waals surface area contributed by atoms with Crippen molar-refractivity contribution in [2.45, 2.75) is 0 Å². The van der Waals surface area contributed by atoms with Crippen LogP contribution in [0.1, 0.15) is 0 Å². The van der Waals surface area contributed by atoms with Crippen molar-refractivity contribution >= 4 is 21.6 Å². The first-order valence-electron chi connectivity index (χ1n) is 4.33. The molecule has 0 bridgehead atoms. The summed E-state index contributed by atoms with van der Waals surface area (Å²) in [5.74, 6) is 0.726. The van der Waals surface area contributed by atoms with Crippen molar-refractivity contribution in [3.8, 4) is 5.95 Å². The number of hydrogen-bond donors (Lipinski definition) is 0. The van der Waals surface area contributed by atoms with Crippen molar-refractivity contribution in [2.24, 2.45) is 0 Å². The fraction of sp³-hybridized carbons (Fsp3) is 0. The average Bonchev–Trinajstić information content (AvgIpc) is 2.83. The quantitative estimate of drug-likeness (QED) is 0.671. The van der Waals surface area contributed by atoms with Gasteiger partial charge in [-0.2, -0.15) is 0 Å². The lowest BCUT2D eigenvalue weighted by Crippen LogP contribution is -1.97. The van der Waals surface area contributed by atoms with Crippen LogP contribution in [0.15, 0.2) is 41.5 Å². The molecule has 0 aliphatic heterocycles. The molecule has 0 unspecified atom stereocenters. The first-order valence-corrected chi connectivity index (χ1v) is 5.12. The highest BCUT2D eigenvalue weighted by molar-refractivity contribution is 9.10. The average molecular weight is 264 g/mol. The van der Waals surface area contributed by atoms with Crippen molar-refractivity contribution in [3.63, 3.8) is 0 Å². The third-order valence-electron chi connectivity index (χ3n) is 2.08. The Morgan fingerprint density at radius 2 is 2.13 bits per heavy atom. The summed E-state index contributed by atoms with van der Waals surface area (Å²) in [5, 5.41) is 8.15. The summed E-state index contributed by atoms with van der Waals surface area (Å²) in [6, 6.07) is 3.83. The summed E-state index contributed by atoms with van der Waals surface area (Å²) < 4.78 is 4.69. The number of hydrogen-bond acceptors (Lipinski definition) is 3. The minimum atomic E-state index is 0.726. The van der Waals surface area contributed by atoms with E-state index in [9.17, 15) is 0 Å². The van der Waals surface area contributed by atoms with E-state index >= 15 is 0 Å². The van der Waals surface area contributed by atoms with Crippen LogP contribution in [-0.2, 0) is 0 Å². The Kier molecular flexibility index (Phi) is 1.81. The first-order chi connectivity index (χ1) is 7.34. The summed E-state index contributed by atoms with van der Waals surface area (Å²) >= 11 is 3.41. The SMILES string of the molecule is Brc1ccc2nnc(-n3ccnc3)n2c1. The second-order valence-corrected chi connectivity index (χ2v) is 3.96. The van der Waals surface area contributed by atoms with Crippen LogP contribution in [0.25, 0.3) is 11.6 Å². The number of aromatic nitrogens is 5. The smallest absolute Gasteiger partial charge is 0.241 e. The maximum absolute atomic E-state index is 4.09. The highest BCUT2D eigenvalue weighted by atomic mass is 79.9. The van der Waals surface area contributed by atoms with Crippen LogP contribution < -0.4 is 0 Å². The summed E-state index contributed by atoms with van der Waals surface area (Å²) in [6.07, 6.45) is 7.15. The van der Waals surface area contributed by atoms with Gasteiger partial charge in [0, 0.05) is 23.1 Å². The molecule has 0 N–H and O–H groups in total. The van der Waals surface area contributed by atoms with E-state index in [0.29, 0.717) is 0 Å². The molecule has 0 spiro atoms. The zero-order chi connectivity index (χ0) is 10.3. The van der Waals surface area contributed by atoms with E-state index in [0.717, 1.165) is 16.1 Å². The molecule has 0 aromatic carbocycles. The number of rotatable bonds is 1. The van der Waals surface area contributed by atoms with Crippen molar-refractivity contribution in [3.05, 3.63) is 41.5 Å². The van der Waals surface area contributed by atoms with Gasteiger partial charge in [0.15, 0.2) is 5.65 Å². The Hall–Kier alpha value is -1.69. The van der Waals surface area contributed by atoms with Gasteiger partial charge in [-0.3, -0.25) is 8.97 Å². The van der Waals surface area contributed by atoms with Crippen LogP contribution in [0, 0.1) is 0 Å². The van der Waals surface area contributed by atoms with Crippen LogP contribution in [-0.4, -0.2) is 24.1 Å². The van der Waals surface area contributed by atoms with Crippen molar-refractivity contribution < 1.29 is 0 Å². The van der Waals surface area contributed by atoms with Crippen LogP contribution in [0.4, 0.5) is 0 Å². The van der Waals surface area contributed by atoms with E-state index in [1.54, 1.807) is 12.5 Å². The normalized spacial score (nSPS) is 11.0. The second kappa shape index (κ2) is 3.16. The fourth-order valence-electron chi connectivity index (χ4n) is 1.41. The van der Waals surface area contributed by atoms with Gasteiger partial charge in [-0.25, -0.2) is 4.98 Å². The molecule has 0 aliphatic rings. The summed E-state index contributed by atoms with van der Waals surface area (Å²) in [6.45, 7) is 0. The number of pyridine rings is 1. The molecule has 5 nitrogen and oxygen atoms in total. The molecule has 3 heterocycles. The van der Waals surface area contributed by atoms with Crippen LogP contribution >= 0.6 is 15.9 Å². The lowest BCUT2D eigenvalue weighted by atomic mass is 10.5. The van der Waals surface area contributed by atoms with Crippen molar-refractivity contribution in [2.75, 3.05) is 0 Å². The van der Waals surface area contributed by atoms with Gasteiger partial charge in [0.1, 0.15) is 6.33 Å². The highest BCUT2D eigenvalue weighted by Gasteiger charge is 2.06. The van der Waals surface area contributed by atoms with Crippen LogP contribution in [0.3, 0.4) is 0 Å². The molecule has 3 aromatic rings.